The molecule has 28 heavy (non-hydrogen) atoms. The van der Waals surface area contributed by atoms with Gasteiger partial charge in [0.25, 0.3) is 0 Å². The Morgan fingerprint density at radius 3 is 2.68 bits per heavy atom. The van der Waals surface area contributed by atoms with Crippen molar-refractivity contribution in [1.82, 2.24) is 4.90 Å². The molecule has 0 aromatic carbocycles. The normalized spacial score (nSPS) is 69.3. The zero-order chi connectivity index (χ0) is 19.5. The van der Waals surface area contributed by atoms with Crippen molar-refractivity contribution >= 4 is 5.97 Å². The number of nitrogens with zero attached hydrogens (tertiary/aromatic N) is 1. The Kier molecular flexibility index (Phi) is 2.63. The molecule has 0 aromatic rings. The van der Waals surface area contributed by atoms with Gasteiger partial charge in [0.1, 0.15) is 12.3 Å². The first-order valence-electron chi connectivity index (χ1n) is 10.8. The Morgan fingerprint density at radius 2 is 1.96 bits per heavy atom. The number of esters is 1. The van der Waals surface area contributed by atoms with Gasteiger partial charge in [-0.05, 0) is 48.3 Å². The Labute approximate surface area is 164 Å². The number of hydrogen-bond donors (Lipinski definition) is 3. The summed E-state index contributed by atoms with van der Waals surface area (Å²) in [6.45, 7) is 7.88. The zero-order valence-electron chi connectivity index (χ0n) is 16.4. The number of aliphatic hydroxyl groups is 3. The average Bonchev–Trinajstić information content (AvgIpc) is 2.95. The second-order valence-corrected chi connectivity index (χ2v) is 11.4. The SMILES string of the molecule is C=C1CC23CC4C5C6(C)CC(O)CC57C(C2C(OC(C)=O)C1C(O)C37)N4C6O. The van der Waals surface area contributed by atoms with Crippen molar-refractivity contribution in [1.29, 1.82) is 0 Å². The first kappa shape index (κ1) is 16.8. The molecule has 0 amide bonds. The summed E-state index contributed by atoms with van der Waals surface area (Å²) in [6, 6.07) is 0.383. The summed E-state index contributed by atoms with van der Waals surface area (Å²) in [5, 5.41) is 33.9. The van der Waals surface area contributed by atoms with E-state index in [0.717, 1.165) is 18.4 Å². The van der Waals surface area contributed by atoms with E-state index in [1.54, 1.807) is 0 Å². The van der Waals surface area contributed by atoms with Crippen LogP contribution < -0.4 is 0 Å². The number of hydrogen-bond acceptors (Lipinski definition) is 6. The summed E-state index contributed by atoms with van der Waals surface area (Å²) in [5.41, 5.74) is 0.388. The molecule has 6 saturated carbocycles. The van der Waals surface area contributed by atoms with Crippen LogP contribution in [-0.2, 0) is 9.53 Å². The van der Waals surface area contributed by atoms with Gasteiger partial charge in [-0.1, -0.05) is 19.1 Å². The maximum Gasteiger partial charge on any atom is 0.302 e. The van der Waals surface area contributed by atoms with Crippen molar-refractivity contribution in [3.05, 3.63) is 12.2 Å². The monoisotopic (exact) mass is 387 g/mol. The third-order valence-electron chi connectivity index (χ3n) is 10.6. The van der Waals surface area contributed by atoms with Gasteiger partial charge in [0.2, 0.25) is 0 Å². The van der Waals surface area contributed by atoms with Gasteiger partial charge in [-0.25, -0.2) is 0 Å². The molecule has 2 spiro atoms. The largest absolute Gasteiger partial charge is 0.461 e. The molecule has 9 bridgehead atoms. The van der Waals surface area contributed by atoms with Gasteiger partial charge >= 0.3 is 5.97 Å². The lowest BCUT2D eigenvalue weighted by Gasteiger charge is -2.66. The number of ether oxygens (including phenoxy) is 1. The van der Waals surface area contributed by atoms with E-state index in [4.69, 9.17) is 4.74 Å². The van der Waals surface area contributed by atoms with E-state index in [0.29, 0.717) is 24.8 Å². The molecule has 14 atom stereocenters. The minimum atomic E-state index is -0.583. The van der Waals surface area contributed by atoms with Crippen molar-refractivity contribution in [2.45, 2.75) is 76.2 Å². The molecule has 3 aliphatic heterocycles. The van der Waals surface area contributed by atoms with Crippen LogP contribution in [0.1, 0.15) is 39.5 Å². The molecule has 6 aliphatic carbocycles. The minimum absolute atomic E-state index is 0.0800. The van der Waals surface area contributed by atoms with Crippen LogP contribution in [0, 0.1) is 39.9 Å². The van der Waals surface area contributed by atoms with Crippen LogP contribution >= 0.6 is 0 Å². The van der Waals surface area contributed by atoms with Crippen molar-refractivity contribution in [3.63, 3.8) is 0 Å². The molecule has 3 heterocycles. The Hall–Kier alpha value is -0.950. The van der Waals surface area contributed by atoms with Gasteiger partial charge in [-0.2, -0.15) is 0 Å². The molecule has 0 radical (unpaired) electrons. The van der Waals surface area contributed by atoms with Gasteiger partial charge in [0.15, 0.2) is 0 Å². The van der Waals surface area contributed by atoms with E-state index in [-0.39, 0.29) is 52.1 Å². The number of piperidine rings is 2. The van der Waals surface area contributed by atoms with Crippen LogP contribution in [0.5, 0.6) is 0 Å². The Balaban J connectivity index is 1.50. The molecule has 14 unspecified atom stereocenters. The summed E-state index contributed by atoms with van der Waals surface area (Å²) < 4.78 is 5.89. The second-order valence-electron chi connectivity index (χ2n) is 11.4. The first-order valence-corrected chi connectivity index (χ1v) is 10.8. The number of carbonyl (C=O) groups is 1. The molecule has 3 N–H and O–H groups in total. The van der Waals surface area contributed by atoms with Gasteiger partial charge in [0.05, 0.1) is 12.2 Å². The summed E-state index contributed by atoms with van der Waals surface area (Å²) >= 11 is 0. The highest BCUT2D eigenvalue weighted by atomic mass is 16.5. The maximum atomic E-state index is 12.0. The molecule has 9 aliphatic rings. The van der Waals surface area contributed by atoms with E-state index in [1.165, 1.54) is 6.92 Å². The fraction of sp³-hybridized carbons (Fsp3) is 0.864. The van der Waals surface area contributed by atoms with Crippen LogP contribution in [-0.4, -0.2) is 62.8 Å². The lowest BCUT2D eigenvalue weighted by atomic mass is 9.39. The van der Waals surface area contributed by atoms with Crippen molar-refractivity contribution in [2.24, 2.45) is 39.9 Å². The van der Waals surface area contributed by atoms with Crippen LogP contribution in [0.15, 0.2) is 12.2 Å². The van der Waals surface area contributed by atoms with Crippen molar-refractivity contribution in [2.75, 3.05) is 0 Å². The topological polar surface area (TPSA) is 90.2 Å². The third kappa shape index (κ3) is 1.31. The number of carbonyl (C=O) groups excluding carboxylic acids is 1. The van der Waals surface area contributed by atoms with E-state index in [2.05, 4.69) is 18.4 Å². The molecular formula is C22H29NO5. The number of rotatable bonds is 1. The highest BCUT2D eigenvalue weighted by Crippen LogP contribution is 2.87. The fourth-order valence-electron chi connectivity index (χ4n) is 11.0. The van der Waals surface area contributed by atoms with E-state index in [9.17, 15) is 20.1 Å². The predicted molar refractivity (Wildman–Crippen MR) is 97.5 cm³/mol. The minimum Gasteiger partial charge on any atom is -0.461 e. The average molecular weight is 387 g/mol. The molecule has 6 heteroatoms. The summed E-state index contributed by atoms with van der Waals surface area (Å²) in [6.07, 6.45) is 1.19. The quantitative estimate of drug-likeness (QED) is 0.452. The van der Waals surface area contributed by atoms with Gasteiger partial charge < -0.3 is 20.1 Å². The molecular weight excluding hydrogens is 358 g/mol. The van der Waals surface area contributed by atoms with Gasteiger partial charge in [-0.15, -0.1) is 0 Å². The molecule has 6 nitrogen and oxygen atoms in total. The van der Waals surface area contributed by atoms with E-state index in [1.807, 2.05) is 0 Å². The standard InChI is InChI=1S/C22H29NO5/c1-8-4-21-7-11-16-20(3)5-10(25)6-22(16)17(21)14(26)12(8)15(28-9(2)24)13(21)18(22)23(11)19(20)27/h10-19,25-27H,1,4-7H2,2-3H3. The van der Waals surface area contributed by atoms with Crippen LogP contribution in [0.25, 0.3) is 0 Å². The van der Waals surface area contributed by atoms with Crippen molar-refractivity contribution in [3.8, 4) is 0 Å². The summed E-state index contributed by atoms with van der Waals surface area (Å²) in [7, 11) is 0. The molecule has 152 valence electrons. The Bertz CT molecular complexity index is 845. The van der Waals surface area contributed by atoms with E-state index >= 15 is 0 Å². The highest BCUT2D eigenvalue weighted by Gasteiger charge is 2.92. The lowest BCUT2D eigenvalue weighted by molar-refractivity contribution is -0.222. The molecule has 9 rings (SSSR count). The second kappa shape index (κ2) is 4.39. The van der Waals surface area contributed by atoms with Gasteiger partial charge in [0, 0.05) is 36.3 Å². The third-order valence-corrected chi connectivity index (χ3v) is 10.6. The lowest BCUT2D eigenvalue weighted by Crippen LogP contribution is -2.68. The number of fused-ring (bicyclic) bond motifs is 1. The summed E-state index contributed by atoms with van der Waals surface area (Å²) in [4.78, 5) is 14.3. The first-order chi connectivity index (χ1) is 13.2. The molecule has 3 saturated heterocycles. The zero-order valence-corrected chi connectivity index (χ0v) is 16.4. The van der Waals surface area contributed by atoms with E-state index < -0.39 is 18.4 Å². The number of aliphatic hydroxyl groups excluding tert-OH is 3. The molecule has 0 aromatic heterocycles. The summed E-state index contributed by atoms with van der Waals surface area (Å²) in [5.74, 6) is -0.0180. The van der Waals surface area contributed by atoms with Crippen LogP contribution in [0.3, 0.4) is 0 Å². The fourth-order valence-corrected chi connectivity index (χ4v) is 11.0. The molecule has 9 fully saturated rings. The maximum absolute atomic E-state index is 12.0. The smallest absolute Gasteiger partial charge is 0.302 e. The van der Waals surface area contributed by atoms with Crippen LogP contribution in [0.4, 0.5) is 0 Å². The Morgan fingerprint density at radius 1 is 1.21 bits per heavy atom. The highest BCUT2D eigenvalue weighted by molar-refractivity contribution is 5.66. The van der Waals surface area contributed by atoms with Crippen molar-refractivity contribution < 1.29 is 24.9 Å². The predicted octanol–water partition coefficient (Wildman–Crippen LogP) is 0.653. The van der Waals surface area contributed by atoms with Gasteiger partial charge in [-0.3, -0.25) is 9.69 Å². The van der Waals surface area contributed by atoms with Crippen LogP contribution in [0.2, 0.25) is 0 Å².